The Balaban J connectivity index is 1.83. The molecule has 0 bridgehead atoms. The molecule has 1 aromatic heterocycles. The largest absolute Gasteiger partial charge is 0.482 e. The summed E-state index contributed by atoms with van der Waals surface area (Å²) >= 11 is 0. The van der Waals surface area contributed by atoms with Crippen LogP contribution in [-0.2, 0) is 12.0 Å². The maximum atomic E-state index is 6.10. The number of benzene rings is 1. The van der Waals surface area contributed by atoms with E-state index in [1.165, 1.54) is 5.56 Å². The van der Waals surface area contributed by atoms with Gasteiger partial charge >= 0.3 is 0 Å². The number of aromatic nitrogens is 2. The molecule has 0 amide bonds. The van der Waals surface area contributed by atoms with Gasteiger partial charge in [-0.2, -0.15) is 4.98 Å². The van der Waals surface area contributed by atoms with Gasteiger partial charge in [0, 0.05) is 6.42 Å². The topological polar surface area (TPSA) is 74.2 Å². The molecular weight excluding hydrogens is 242 g/mol. The van der Waals surface area contributed by atoms with Crippen molar-refractivity contribution in [2.24, 2.45) is 5.73 Å². The van der Waals surface area contributed by atoms with Crippen LogP contribution in [0.3, 0.4) is 0 Å². The highest BCUT2D eigenvalue weighted by Gasteiger charge is 2.32. The average Bonchev–Trinajstić information content (AvgIpc) is 3.05. The average molecular weight is 259 g/mol. The second-order valence-electron chi connectivity index (χ2n) is 5.15. The van der Waals surface area contributed by atoms with E-state index in [0.29, 0.717) is 11.7 Å². The minimum atomic E-state index is -0.587. The Hall–Kier alpha value is -1.88. The fourth-order valence-corrected chi connectivity index (χ4v) is 2.07. The molecule has 19 heavy (non-hydrogen) atoms. The minimum absolute atomic E-state index is 0.178. The van der Waals surface area contributed by atoms with Crippen molar-refractivity contribution < 1.29 is 9.26 Å². The van der Waals surface area contributed by atoms with Gasteiger partial charge in [-0.1, -0.05) is 30.3 Å². The van der Waals surface area contributed by atoms with Crippen molar-refractivity contribution >= 4 is 0 Å². The molecule has 0 fully saturated rings. The zero-order valence-corrected chi connectivity index (χ0v) is 11.1. The van der Waals surface area contributed by atoms with Gasteiger partial charge in [0.1, 0.15) is 5.75 Å². The van der Waals surface area contributed by atoms with Crippen molar-refractivity contribution in [2.45, 2.75) is 38.3 Å². The standard InChI is InChI=1S/C14H17N3O2/c1-3-14(2,15)13-16-12(17-19-13)11-8-9-6-4-5-7-10(9)18-11/h4-7,11H,3,8,15H2,1-2H3. The lowest BCUT2D eigenvalue weighted by molar-refractivity contribution is 0.219. The zero-order valence-electron chi connectivity index (χ0n) is 11.1. The summed E-state index contributed by atoms with van der Waals surface area (Å²) in [6.07, 6.45) is 1.32. The van der Waals surface area contributed by atoms with Crippen LogP contribution in [0.4, 0.5) is 0 Å². The number of fused-ring (bicyclic) bond motifs is 1. The van der Waals surface area contributed by atoms with E-state index in [-0.39, 0.29) is 6.10 Å². The van der Waals surface area contributed by atoms with Crippen molar-refractivity contribution in [3.8, 4) is 5.75 Å². The molecule has 1 aliphatic heterocycles. The molecule has 1 aliphatic rings. The summed E-state index contributed by atoms with van der Waals surface area (Å²) < 4.78 is 11.1. The van der Waals surface area contributed by atoms with Gasteiger partial charge < -0.3 is 15.0 Å². The lowest BCUT2D eigenvalue weighted by atomic mass is 10.0. The highest BCUT2D eigenvalue weighted by Crippen LogP contribution is 2.35. The third kappa shape index (κ3) is 2.10. The summed E-state index contributed by atoms with van der Waals surface area (Å²) in [6, 6.07) is 7.96. The summed E-state index contributed by atoms with van der Waals surface area (Å²) in [5.74, 6) is 1.92. The molecule has 0 radical (unpaired) electrons. The minimum Gasteiger partial charge on any atom is -0.482 e. The number of hydrogen-bond acceptors (Lipinski definition) is 5. The highest BCUT2D eigenvalue weighted by atomic mass is 16.5. The number of para-hydroxylation sites is 1. The van der Waals surface area contributed by atoms with E-state index in [9.17, 15) is 0 Å². The van der Waals surface area contributed by atoms with Crippen LogP contribution in [0.2, 0.25) is 0 Å². The Morgan fingerprint density at radius 3 is 2.95 bits per heavy atom. The van der Waals surface area contributed by atoms with Crippen LogP contribution in [0.15, 0.2) is 28.8 Å². The normalized spacial score (nSPS) is 20.7. The predicted molar refractivity (Wildman–Crippen MR) is 69.6 cm³/mol. The van der Waals surface area contributed by atoms with E-state index in [0.717, 1.165) is 18.6 Å². The Kier molecular flexibility index (Phi) is 2.78. The molecule has 0 aliphatic carbocycles. The van der Waals surface area contributed by atoms with Crippen LogP contribution in [-0.4, -0.2) is 10.1 Å². The van der Waals surface area contributed by atoms with E-state index < -0.39 is 5.54 Å². The number of ether oxygens (including phenoxy) is 1. The first-order chi connectivity index (χ1) is 9.10. The van der Waals surface area contributed by atoms with Crippen LogP contribution >= 0.6 is 0 Å². The van der Waals surface area contributed by atoms with Crippen LogP contribution in [0, 0.1) is 0 Å². The number of rotatable bonds is 3. The molecule has 2 heterocycles. The molecule has 2 atom stereocenters. The molecule has 0 saturated heterocycles. The molecule has 2 aromatic rings. The molecule has 2 N–H and O–H groups in total. The molecule has 100 valence electrons. The van der Waals surface area contributed by atoms with E-state index in [1.54, 1.807) is 0 Å². The van der Waals surface area contributed by atoms with Gasteiger partial charge in [0.15, 0.2) is 6.10 Å². The van der Waals surface area contributed by atoms with Gasteiger partial charge in [-0.3, -0.25) is 0 Å². The van der Waals surface area contributed by atoms with Crippen molar-refractivity contribution in [3.63, 3.8) is 0 Å². The predicted octanol–water partition coefficient (Wildman–Crippen LogP) is 2.33. The summed E-state index contributed by atoms with van der Waals surface area (Å²) in [4.78, 5) is 4.39. The first-order valence-electron chi connectivity index (χ1n) is 6.47. The molecular formula is C14H17N3O2. The van der Waals surface area contributed by atoms with E-state index in [2.05, 4.69) is 16.2 Å². The first-order valence-corrected chi connectivity index (χ1v) is 6.47. The van der Waals surface area contributed by atoms with Gasteiger partial charge in [0.25, 0.3) is 0 Å². The SMILES string of the molecule is CCC(C)(N)c1nc(C2Cc3ccccc3O2)no1. The molecule has 0 saturated carbocycles. The van der Waals surface area contributed by atoms with Gasteiger partial charge in [0.05, 0.1) is 5.54 Å². The summed E-state index contributed by atoms with van der Waals surface area (Å²) in [7, 11) is 0. The second kappa shape index (κ2) is 4.35. The highest BCUT2D eigenvalue weighted by molar-refractivity contribution is 5.37. The maximum absolute atomic E-state index is 6.10. The molecule has 3 rings (SSSR count). The van der Waals surface area contributed by atoms with Gasteiger partial charge in [-0.15, -0.1) is 0 Å². The van der Waals surface area contributed by atoms with E-state index in [1.807, 2.05) is 32.0 Å². The molecule has 0 spiro atoms. The van der Waals surface area contributed by atoms with Crippen molar-refractivity contribution in [3.05, 3.63) is 41.5 Å². The Bertz CT molecular complexity index is 567. The van der Waals surface area contributed by atoms with Gasteiger partial charge in [0.2, 0.25) is 11.7 Å². The fraction of sp³-hybridized carbons (Fsp3) is 0.429. The third-order valence-corrected chi connectivity index (χ3v) is 3.60. The van der Waals surface area contributed by atoms with Crippen LogP contribution < -0.4 is 10.5 Å². The number of hydrogen-bond donors (Lipinski definition) is 1. The lowest BCUT2D eigenvalue weighted by Gasteiger charge is -2.16. The monoisotopic (exact) mass is 259 g/mol. The molecule has 5 nitrogen and oxygen atoms in total. The smallest absolute Gasteiger partial charge is 0.246 e. The Morgan fingerprint density at radius 1 is 1.42 bits per heavy atom. The van der Waals surface area contributed by atoms with Crippen LogP contribution in [0.25, 0.3) is 0 Å². The van der Waals surface area contributed by atoms with E-state index >= 15 is 0 Å². The molecule has 1 aromatic carbocycles. The third-order valence-electron chi connectivity index (χ3n) is 3.60. The Labute approximate surface area is 111 Å². The Morgan fingerprint density at radius 2 is 2.21 bits per heavy atom. The fourth-order valence-electron chi connectivity index (χ4n) is 2.07. The van der Waals surface area contributed by atoms with Gasteiger partial charge in [-0.25, -0.2) is 0 Å². The molecule has 2 unspecified atom stereocenters. The summed E-state index contributed by atoms with van der Waals surface area (Å²) in [5, 5.41) is 4.00. The van der Waals surface area contributed by atoms with Crippen molar-refractivity contribution in [2.75, 3.05) is 0 Å². The van der Waals surface area contributed by atoms with E-state index in [4.69, 9.17) is 15.0 Å². The number of nitrogens with zero attached hydrogens (tertiary/aromatic N) is 2. The summed E-state index contributed by atoms with van der Waals surface area (Å²) in [6.45, 7) is 3.88. The van der Waals surface area contributed by atoms with Crippen molar-refractivity contribution in [1.82, 2.24) is 10.1 Å². The lowest BCUT2D eigenvalue weighted by Crippen LogP contribution is -2.32. The maximum Gasteiger partial charge on any atom is 0.246 e. The van der Waals surface area contributed by atoms with Crippen molar-refractivity contribution in [1.29, 1.82) is 0 Å². The van der Waals surface area contributed by atoms with Gasteiger partial charge in [-0.05, 0) is 25.0 Å². The first kappa shape index (κ1) is 12.2. The molecule has 5 heteroatoms. The second-order valence-corrected chi connectivity index (χ2v) is 5.15. The van der Waals surface area contributed by atoms with Crippen LogP contribution in [0.1, 0.15) is 43.7 Å². The quantitative estimate of drug-likeness (QED) is 0.915. The zero-order chi connectivity index (χ0) is 13.5. The summed E-state index contributed by atoms with van der Waals surface area (Å²) in [5.41, 5.74) is 6.68. The number of nitrogens with two attached hydrogens (primary N) is 1. The van der Waals surface area contributed by atoms with Crippen LogP contribution in [0.5, 0.6) is 5.75 Å².